The van der Waals surface area contributed by atoms with Crippen LogP contribution in [0.3, 0.4) is 0 Å². The quantitative estimate of drug-likeness (QED) is 0.686. The molecule has 0 bridgehead atoms. The summed E-state index contributed by atoms with van der Waals surface area (Å²) in [7, 11) is 0. The molecule has 0 saturated carbocycles. The second-order valence-corrected chi connectivity index (χ2v) is 3.37. The van der Waals surface area contributed by atoms with Crippen LogP contribution in [0, 0.1) is 5.82 Å². The van der Waals surface area contributed by atoms with E-state index in [1.165, 1.54) is 27.4 Å². The highest BCUT2D eigenvalue weighted by Crippen LogP contribution is 2.05. The number of nitrogens with zero attached hydrogens (tertiary/aromatic N) is 3. The van der Waals surface area contributed by atoms with Crippen LogP contribution in [0.5, 0.6) is 0 Å². The number of halogens is 1. The van der Waals surface area contributed by atoms with E-state index in [4.69, 9.17) is 0 Å². The highest BCUT2D eigenvalue weighted by atomic mass is 19.1. The average molecular weight is 195 g/mol. The molecule has 14 heavy (non-hydrogen) atoms. The van der Waals surface area contributed by atoms with Gasteiger partial charge < -0.3 is 0 Å². The van der Waals surface area contributed by atoms with E-state index in [1.54, 1.807) is 0 Å². The highest BCUT2D eigenvalue weighted by Gasteiger charge is 2.11. The van der Waals surface area contributed by atoms with E-state index in [2.05, 4.69) is 5.10 Å². The molecule has 0 amide bonds. The Labute approximate surface area is 79.6 Å². The molecule has 0 fully saturated rings. The minimum Gasteiger partial charge on any atom is -0.248 e. The van der Waals surface area contributed by atoms with Crippen LogP contribution in [0.1, 0.15) is 19.9 Å². The highest BCUT2D eigenvalue weighted by molar-refractivity contribution is 5.37. The van der Waals surface area contributed by atoms with Crippen LogP contribution in [-0.2, 0) is 0 Å². The first-order chi connectivity index (χ1) is 6.61. The van der Waals surface area contributed by atoms with Crippen molar-refractivity contribution in [1.29, 1.82) is 0 Å². The third-order valence-corrected chi connectivity index (χ3v) is 2.01. The third kappa shape index (κ3) is 1.13. The Bertz CT molecular complexity index is 526. The Balaban J connectivity index is 2.87. The molecule has 4 nitrogen and oxygen atoms in total. The van der Waals surface area contributed by atoms with Gasteiger partial charge in [-0.15, -0.1) is 5.10 Å². The maximum absolute atomic E-state index is 13.2. The summed E-state index contributed by atoms with van der Waals surface area (Å²) in [6.45, 7) is 3.65. The van der Waals surface area contributed by atoms with Gasteiger partial charge in [-0.3, -0.25) is 0 Å². The maximum Gasteiger partial charge on any atom is 0.350 e. The normalized spacial score (nSPS) is 11.4. The first kappa shape index (κ1) is 8.93. The van der Waals surface area contributed by atoms with Crippen LogP contribution in [0.15, 0.2) is 23.1 Å². The van der Waals surface area contributed by atoms with E-state index in [1.807, 2.05) is 13.8 Å². The Morgan fingerprint density at radius 2 is 2.21 bits per heavy atom. The van der Waals surface area contributed by atoms with Crippen molar-refractivity contribution in [2.24, 2.45) is 0 Å². The molecule has 0 radical (unpaired) electrons. The Hall–Kier alpha value is -1.65. The number of hydrogen-bond acceptors (Lipinski definition) is 2. The molecule has 0 saturated heterocycles. The Morgan fingerprint density at radius 3 is 2.79 bits per heavy atom. The van der Waals surface area contributed by atoms with E-state index < -0.39 is 5.82 Å². The fourth-order valence-corrected chi connectivity index (χ4v) is 1.32. The SMILES string of the molecule is CC(C)n1nc2c(F)cccn2c1=O. The van der Waals surface area contributed by atoms with Gasteiger partial charge in [-0.25, -0.2) is 18.3 Å². The summed E-state index contributed by atoms with van der Waals surface area (Å²) in [5.74, 6) is -0.482. The summed E-state index contributed by atoms with van der Waals surface area (Å²) < 4.78 is 15.7. The van der Waals surface area contributed by atoms with Gasteiger partial charge in [0.05, 0.1) is 6.04 Å². The number of aromatic nitrogens is 3. The first-order valence-corrected chi connectivity index (χ1v) is 4.36. The van der Waals surface area contributed by atoms with Crippen molar-refractivity contribution in [3.8, 4) is 0 Å². The second-order valence-electron chi connectivity index (χ2n) is 3.37. The number of pyridine rings is 1. The lowest BCUT2D eigenvalue weighted by Gasteiger charge is -1.99. The zero-order valence-corrected chi connectivity index (χ0v) is 7.94. The van der Waals surface area contributed by atoms with E-state index in [0.29, 0.717) is 0 Å². The molecule has 0 aliphatic heterocycles. The van der Waals surface area contributed by atoms with Crippen LogP contribution in [0.25, 0.3) is 5.65 Å². The van der Waals surface area contributed by atoms with Crippen LogP contribution in [-0.4, -0.2) is 14.2 Å². The van der Waals surface area contributed by atoms with Gasteiger partial charge in [-0.1, -0.05) is 0 Å². The summed E-state index contributed by atoms with van der Waals surface area (Å²) >= 11 is 0. The topological polar surface area (TPSA) is 39.3 Å². The molecular weight excluding hydrogens is 185 g/mol. The summed E-state index contributed by atoms with van der Waals surface area (Å²) in [4.78, 5) is 11.6. The van der Waals surface area contributed by atoms with Crippen LogP contribution < -0.4 is 5.69 Å². The third-order valence-electron chi connectivity index (χ3n) is 2.01. The van der Waals surface area contributed by atoms with Gasteiger partial charge >= 0.3 is 5.69 Å². The number of fused-ring (bicyclic) bond motifs is 1. The van der Waals surface area contributed by atoms with Gasteiger partial charge in [0.15, 0.2) is 11.5 Å². The summed E-state index contributed by atoms with van der Waals surface area (Å²) in [5, 5.41) is 3.90. The smallest absolute Gasteiger partial charge is 0.248 e. The predicted molar refractivity (Wildman–Crippen MR) is 49.8 cm³/mol. The van der Waals surface area contributed by atoms with Gasteiger partial charge in [-0.05, 0) is 26.0 Å². The summed E-state index contributed by atoms with van der Waals surface area (Å²) in [6.07, 6.45) is 1.51. The van der Waals surface area contributed by atoms with Crippen molar-refractivity contribution in [2.75, 3.05) is 0 Å². The molecule has 0 aliphatic rings. The first-order valence-electron chi connectivity index (χ1n) is 4.36. The molecule has 0 spiro atoms. The molecule has 0 unspecified atom stereocenters. The van der Waals surface area contributed by atoms with E-state index >= 15 is 0 Å². The standard InChI is InChI=1S/C9H10FN3O/c1-6(2)13-9(14)12-5-3-4-7(10)8(12)11-13/h3-6H,1-2H3. The Morgan fingerprint density at radius 1 is 1.50 bits per heavy atom. The fourth-order valence-electron chi connectivity index (χ4n) is 1.32. The van der Waals surface area contributed by atoms with Crippen LogP contribution in [0.2, 0.25) is 0 Å². The van der Waals surface area contributed by atoms with Crippen molar-refractivity contribution in [1.82, 2.24) is 14.2 Å². The second kappa shape index (κ2) is 2.94. The molecule has 0 aliphatic carbocycles. The van der Waals surface area contributed by atoms with Crippen LogP contribution in [0.4, 0.5) is 4.39 Å². The maximum atomic E-state index is 13.2. The van der Waals surface area contributed by atoms with E-state index in [9.17, 15) is 9.18 Å². The van der Waals surface area contributed by atoms with Gasteiger partial charge in [0.25, 0.3) is 0 Å². The van der Waals surface area contributed by atoms with E-state index in [0.717, 1.165) is 0 Å². The fraction of sp³-hybridized carbons (Fsp3) is 0.333. The molecule has 2 aromatic rings. The van der Waals surface area contributed by atoms with Gasteiger partial charge in [0.1, 0.15) is 0 Å². The average Bonchev–Trinajstić information content (AvgIpc) is 2.46. The molecular formula is C9H10FN3O. The zero-order valence-electron chi connectivity index (χ0n) is 7.94. The van der Waals surface area contributed by atoms with Crippen molar-refractivity contribution in [3.63, 3.8) is 0 Å². The number of rotatable bonds is 1. The minimum atomic E-state index is -0.482. The van der Waals surface area contributed by atoms with E-state index in [-0.39, 0.29) is 17.4 Å². The minimum absolute atomic E-state index is 0.0678. The molecule has 0 N–H and O–H groups in total. The molecule has 0 atom stereocenters. The zero-order chi connectivity index (χ0) is 10.3. The molecule has 74 valence electrons. The van der Waals surface area contributed by atoms with Crippen molar-refractivity contribution in [2.45, 2.75) is 19.9 Å². The van der Waals surface area contributed by atoms with Gasteiger partial charge in [-0.2, -0.15) is 0 Å². The predicted octanol–water partition coefficient (Wildman–Crippen LogP) is 1.22. The van der Waals surface area contributed by atoms with Crippen molar-refractivity contribution < 1.29 is 4.39 Å². The molecule has 2 aromatic heterocycles. The lowest BCUT2D eigenvalue weighted by atomic mass is 10.4. The monoisotopic (exact) mass is 195 g/mol. The lowest BCUT2D eigenvalue weighted by molar-refractivity contribution is 0.513. The molecule has 0 aromatic carbocycles. The van der Waals surface area contributed by atoms with Crippen molar-refractivity contribution >= 4 is 5.65 Å². The summed E-state index contributed by atoms with van der Waals surface area (Å²) in [5.41, 5.74) is -0.235. The molecule has 2 rings (SSSR count). The van der Waals surface area contributed by atoms with Gasteiger partial charge in [0, 0.05) is 6.20 Å². The Kier molecular flexibility index (Phi) is 1.87. The van der Waals surface area contributed by atoms with Crippen LogP contribution >= 0.6 is 0 Å². The molecule has 2 heterocycles. The lowest BCUT2D eigenvalue weighted by Crippen LogP contribution is -2.22. The molecule has 5 heteroatoms. The largest absolute Gasteiger partial charge is 0.350 e. The number of hydrogen-bond donors (Lipinski definition) is 0. The van der Waals surface area contributed by atoms with Crippen molar-refractivity contribution in [3.05, 3.63) is 34.6 Å². The summed E-state index contributed by atoms with van der Waals surface area (Å²) in [6, 6.07) is 2.70. The van der Waals surface area contributed by atoms with Gasteiger partial charge in [0.2, 0.25) is 0 Å².